The zero-order chi connectivity index (χ0) is 11.1. The lowest BCUT2D eigenvalue weighted by atomic mass is 10.3. The number of hydrogen-bond acceptors (Lipinski definition) is 3. The van der Waals surface area contributed by atoms with Crippen molar-refractivity contribution in [3.8, 4) is 5.75 Å². The van der Waals surface area contributed by atoms with E-state index < -0.39 is 5.82 Å². The fourth-order valence-electron chi connectivity index (χ4n) is 0.968. The van der Waals surface area contributed by atoms with Crippen molar-refractivity contribution in [2.75, 3.05) is 19.7 Å². The third-order valence-corrected chi connectivity index (χ3v) is 1.63. The molecule has 0 saturated heterocycles. The van der Waals surface area contributed by atoms with Gasteiger partial charge in [0.2, 0.25) is 0 Å². The molecule has 0 aliphatic heterocycles. The fourth-order valence-corrected chi connectivity index (χ4v) is 0.968. The normalized spacial score (nSPS) is 9.73. The molecule has 0 spiro atoms. The number of carbonyl (C=O) groups is 1. The summed E-state index contributed by atoms with van der Waals surface area (Å²) >= 11 is 0. The Labute approximate surface area is 87.2 Å². The molecule has 1 rings (SSSR count). The Kier molecular flexibility index (Phi) is 4.56. The van der Waals surface area contributed by atoms with E-state index in [0.29, 0.717) is 18.8 Å². The lowest BCUT2D eigenvalue weighted by molar-refractivity contribution is -0.123. The highest BCUT2D eigenvalue weighted by Gasteiger charge is 2.01. The highest BCUT2D eigenvalue weighted by atomic mass is 19.1. The summed E-state index contributed by atoms with van der Waals surface area (Å²) in [5.74, 6) is -0.336. The second-order valence-corrected chi connectivity index (χ2v) is 2.88. The molecule has 0 saturated carbocycles. The molecule has 0 aliphatic rings. The van der Waals surface area contributed by atoms with E-state index in [-0.39, 0.29) is 12.5 Å². The van der Waals surface area contributed by atoms with Crippen LogP contribution in [0.5, 0.6) is 5.75 Å². The topological polar surface area (TPSA) is 64.3 Å². The monoisotopic (exact) mass is 212 g/mol. The van der Waals surface area contributed by atoms with Crippen LogP contribution >= 0.6 is 0 Å². The van der Waals surface area contributed by atoms with E-state index in [0.717, 1.165) is 0 Å². The van der Waals surface area contributed by atoms with E-state index in [1.54, 1.807) is 6.07 Å². The first-order valence-electron chi connectivity index (χ1n) is 4.57. The Morgan fingerprint density at radius 2 is 2.33 bits per heavy atom. The smallest absolute Gasteiger partial charge is 0.257 e. The van der Waals surface area contributed by atoms with Crippen LogP contribution in [0.4, 0.5) is 4.39 Å². The van der Waals surface area contributed by atoms with E-state index in [1.165, 1.54) is 18.2 Å². The Morgan fingerprint density at radius 1 is 1.53 bits per heavy atom. The van der Waals surface area contributed by atoms with Crippen molar-refractivity contribution in [1.29, 1.82) is 0 Å². The van der Waals surface area contributed by atoms with Gasteiger partial charge in [0.15, 0.2) is 6.61 Å². The first kappa shape index (κ1) is 11.5. The van der Waals surface area contributed by atoms with Crippen LogP contribution in [-0.2, 0) is 4.79 Å². The summed E-state index contributed by atoms with van der Waals surface area (Å²) in [4.78, 5) is 11.1. The minimum absolute atomic E-state index is 0.135. The second kappa shape index (κ2) is 5.98. The number of nitrogens with one attached hydrogen (secondary N) is 1. The highest BCUT2D eigenvalue weighted by Crippen LogP contribution is 2.11. The minimum Gasteiger partial charge on any atom is -0.484 e. The van der Waals surface area contributed by atoms with Crippen LogP contribution in [0.3, 0.4) is 0 Å². The zero-order valence-electron chi connectivity index (χ0n) is 8.20. The molecule has 1 aromatic carbocycles. The predicted molar refractivity (Wildman–Crippen MR) is 54.0 cm³/mol. The zero-order valence-corrected chi connectivity index (χ0v) is 8.20. The maximum Gasteiger partial charge on any atom is 0.257 e. The summed E-state index contributed by atoms with van der Waals surface area (Å²) in [7, 11) is 0. The molecule has 15 heavy (non-hydrogen) atoms. The number of carbonyl (C=O) groups excluding carboxylic acids is 1. The summed E-state index contributed by atoms with van der Waals surface area (Å²) in [6.45, 7) is 0.653. The number of rotatable bonds is 5. The van der Waals surface area contributed by atoms with Crippen molar-refractivity contribution in [1.82, 2.24) is 5.32 Å². The van der Waals surface area contributed by atoms with Crippen LogP contribution < -0.4 is 15.8 Å². The first-order valence-corrected chi connectivity index (χ1v) is 4.57. The van der Waals surface area contributed by atoms with Crippen LogP contribution in [-0.4, -0.2) is 25.6 Å². The average Bonchev–Trinajstić information content (AvgIpc) is 2.23. The van der Waals surface area contributed by atoms with Crippen molar-refractivity contribution in [2.45, 2.75) is 0 Å². The Balaban J connectivity index is 2.33. The summed E-state index contributed by atoms with van der Waals surface area (Å²) in [5, 5.41) is 2.53. The number of ether oxygens (including phenoxy) is 1. The molecule has 0 heterocycles. The molecule has 0 unspecified atom stereocenters. The van der Waals surface area contributed by atoms with E-state index in [1.807, 2.05) is 0 Å². The van der Waals surface area contributed by atoms with E-state index >= 15 is 0 Å². The van der Waals surface area contributed by atoms with E-state index in [2.05, 4.69) is 5.32 Å². The largest absolute Gasteiger partial charge is 0.484 e. The molecule has 0 fully saturated rings. The molecular weight excluding hydrogens is 199 g/mol. The van der Waals surface area contributed by atoms with Crippen LogP contribution in [0, 0.1) is 5.82 Å². The summed E-state index contributed by atoms with van der Waals surface area (Å²) in [5.41, 5.74) is 5.20. The molecule has 82 valence electrons. The van der Waals surface area contributed by atoms with Gasteiger partial charge in [-0.1, -0.05) is 6.07 Å². The number of hydrogen-bond donors (Lipinski definition) is 2. The molecule has 0 radical (unpaired) electrons. The fraction of sp³-hybridized carbons (Fsp3) is 0.300. The summed E-state index contributed by atoms with van der Waals surface area (Å²) < 4.78 is 17.7. The number of benzene rings is 1. The van der Waals surface area contributed by atoms with Crippen molar-refractivity contribution in [2.24, 2.45) is 5.73 Å². The van der Waals surface area contributed by atoms with Crippen molar-refractivity contribution >= 4 is 5.91 Å². The predicted octanol–water partition coefficient (Wildman–Crippen LogP) is 0.279. The molecular formula is C10H13FN2O2. The first-order chi connectivity index (χ1) is 7.22. The second-order valence-electron chi connectivity index (χ2n) is 2.88. The van der Waals surface area contributed by atoms with Gasteiger partial charge in [0.25, 0.3) is 5.91 Å². The van der Waals surface area contributed by atoms with Gasteiger partial charge in [-0.15, -0.1) is 0 Å². The van der Waals surface area contributed by atoms with Crippen molar-refractivity contribution in [3.63, 3.8) is 0 Å². The molecule has 0 aliphatic carbocycles. The third-order valence-electron chi connectivity index (χ3n) is 1.63. The molecule has 1 amide bonds. The number of nitrogens with two attached hydrogens (primary N) is 1. The van der Waals surface area contributed by atoms with Gasteiger partial charge in [-0.25, -0.2) is 4.39 Å². The molecule has 5 heteroatoms. The standard InChI is InChI=1S/C10H13FN2O2/c11-8-2-1-3-9(6-8)15-7-10(14)13-5-4-12/h1-3,6H,4-5,7,12H2,(H,13,14). The highest BCUT2D eigenvalue weighted by molar-refractivity contribution is 5.77. The lowest BCUT2D eigenvalue weighted by Gasteiger charge is -2.06. The van der Waals surface area contributed by atoms with Crippen molar-refractivity contribution < 1.29 is 13.9 Å². The molecule has 0 bridgehead atoms. The van der Waals surface area contributed by atoms with Gasteiger partial charge in [-0.05, 0) is 12.1 Å². The molecule has 1 aromatic rings. The third kappa shape index (κ3) is 4.42. The molecule has 0 atom stereocenters. The van der Waals surface area contributed by atoms with Crippen LogP contribution in [0.15, 0.2) is 24.3 Å². The van der Waals surface area contributed by atoms with E-state index in [4.69, 9.17) is 10.5 Å². The Morgan fingerprint density at radius 3 is 3.00 bits per heavy atom. The van der Waals surface area contributed by atoms with Gasteiger partial charge in [-0.3, -0.25) is 4.79 Å². The Bertz CT molecular complexity index is 331. The van der Waals surface area contributed by atoms with Crippen LogP contribution in [0.1, 0.15) is 0 Å². The van der Waals surface area contributed by atoms with Gasteiger partial charge in [-0.2, -0.15) is 0 Å². The van der Waals surface area contributed by atoms with Gasteiger partial charge in [0.05, 0.1) is 0 Å². The lowest BCUT2D eigenvalue weighted by Crippen LogP contribution is -2.32. The number of amides is 1. The average molecular weight is 212 g/mol. The minimum atomic E-state index is -0.394. The Hall–Kier alpha value is -1.62. The molecule has 4 nitrogen and oxygen atoms in total. The van der Waals surface area contributed by atoms with Crippen LogP contribution in [0.25, 0.3) is 0 Å². The molecule has 0 aromatic heterocycles. The van der Waals surface area contributed by atoms with Gasteiger partial charge in [0.1, 0.15) is 11.6 Å². The van der Waals surface area contributed by atoms with Gasteiger partial charge in [0, 0.05) is 19.2 Å². The van der Waals surface area contributed by atoms with Crippen LogP contribution in [0.2, 0.25) is 0 Å². The number of halogens is 1. The van der Waals surface area contributed by atoms with Gasteiger partial charge < -0.3 is 15.8 Å². The maximum atomic E-state index is 12.7. The molecule has 3 N–H and O–H groups in total. The van der Waals surface area contributed by atoms with E-state index in [9.17, 15) is 9.18 Å². The SMILES string of the molecule is NCCNC(=O)COc1cccc(F)c1. The quantitative estimate of drug-likeness (QED) is 0.736. The summed E-state index contributed by atoms with van der Waals surface area (Å²) in [6.07, 6.45) is 0. The summed E-state index contributed by atoms with van der Waals surface area (Å²) in [6, 6.07) is 5.62. The maximum absolute atomic E-state index is 12.7. The van der Waals surface area contributed by atoms with Gasteiger partial charge >= 0.3 is 0 Å². The van der Waals surface area contributed by atoms with Crippen molar-refractivity contribution in [3.05, 3.63) is 30.1 Å².